The Morgan fingerprint density at radius 1 is 1.38 bits per heavy atom. The van der Waals surface area contributed by atoms with Gasteiger partial charge in [0.05, 0.1) is 0 Å². The SMILES string of the molecule is CC1(c2nnc(CC3CCCCN3)s2)CC1. The minimum atomic E-state index is 0.385. The van der Waals surface area contributed by atoms with Crippen LogP contribution in [0.15, 0.2) is 0 Å². The number of aromatic nitrogens is 2. The van der Waals surface area contributed by atoms with Crippen LogP contribution in [0.2, 0.25) is 0 Å². The Morgan fingerprint density at radius 2 is 2.25 bits per heavy atom. The molecular weight excluding hydrogens is 218 g/mol. The van der Waals surface area contributed by atoms with Gasteiger partial charge in [0.25, 0.3) is 0 Å². The van der Waals surface area contributed by atoms with Crippen LogP contribution in [0.3, 0.4) is 0 Å². The van der Waals surface area contributed by atoms with Crippen LogP contribution < -0.4 is 5.32 Å². The highest BCUT2D eigenvalue weighted by atomic mass is 32.1. The Kier molecular flexibility index (Phi) is 2.72. The second-order valence-corrected chi connectivity index (χ2v) is 6.47. The second kappa shape index (κ2) is 4.08. The third-order valence-corrected chi connectivity index (χ3v) is 5.07. The van der Waals surface area contributed by atoms with Crippen LogP contribution in [0.5, 0.6) is 0 Å². The lowest BCUT2D eigenvalue weighted by molar-refractivity contribution is 0.398. The third kappa shape index (κ3) is 2.13. The Balaban J connectivity index is 1.63. The lowest BCUT2D eigenvalue weighted by Gasteiger charge is -2.22. The second-order valence-electron chi connectivity index (χ2n) is 5.41. The third-order valence-electron chi connectivity index (χ3n) is 3.82. The molecule has 1 atom stereocenters. The first-order valence-corrected chi connectivity index (χ1v) is 7.14. The summed E-state index contributed by atoms with van der Waals surface area (Å²) in [4.78, 5) is 0. The van der Waals surface area contributed by atoms with Crippen molar-refractivity contribution in [2.24, 2.45) is 0 Å². The molecule has 0 spiro atoms. The summed E-state index contributed by atoms with van der Waals surface area (Å²) in [5.41, 5.74) is 0.385. The van der Waals surface area contributed by atoms with Crippen molar-refractivity contribution in [3.63, 3.8) is 0 Å². The van der Waals surface area contributed by atoms with Gasteiger partial charge in [-0.05, 0) is 32.2 Å². The van der Waals surface area contributed by atoms with Crippen LogP contribution >= 0.6 is 11.3 Å². The van der Waals surface area contributed by atoms with Gasteiger partial charge in [-0.1, -0.05) is 13.3 Å². The molecule has 1 aromatic heterocycles. The quantitative estimate of drug-likeness (QED) is 0.876. The molecule has 4 heteroatoms. The molecule has 16 heavy (non-hydrogen) atoms. The molecule has 1 saturated heterocycles. The highest BCUT2D eigenvalue weighted by Gasteiger charge is 2.42. The monoisotopic (exact) mass is 237 g/mol. The van der Waals surface area contributed by atoms with Crippen LogP contribution in [-0.2, 0) is 11.8 Å². The summed E-state index contributed by atoms with van der Waals surface area (Å²) in [6, 6.07) is 0.640. The minimum absolute atomic E-state index is 0.385. The normalized spacial score (nSPS) is 27.9. The van der Waals surface area contributed by atoms with E-state index in [9.17, 15) is 0 Å². The molecule has 3 nitrogen and oxygen atoms in total. The summed E-state index contributed by atoms with van der Waals surface area (Å²) in [7, 11) is 0. The maximum absolute atomic E-state index is 4.36. The van der Waals surface area contributed by atoms with E-state index in [2.05, 4.69) is 22.4 Å². The summed E-state index contributed by atoms with van der Waals surface area (Å²) in [6.45, 7) is 3.48. The molecule has 88 valence electrons. The zero-order valence-electron chi connectivity index (χ0n) is 9.83. The van der Waals surface area contributed by atoms with Gasteiger partial charge in [-0.15, -0.1) is 21.5 Å². The van der Waals surface area contributed by atoms with Crippen LogP contribution in [0.25, 0.3) is 0 Å². The van der Waals surface area contributed by atoms with E-state index in [1.165, 1.54) is 48.7 Å². The summed E-state index contributed by atoms with van der Waals surface area (Å²) in [5.74, 6) is 0. The van der Waals surface area contributed by atoms with Gasteiger partial charge in [-0.3, -0.25) is 0 Å². The molecule has 0 amide bonds. The predicted octanol–water partition coefficient (Wildman–Crippen LogP) is 2.27. The standard InChI is InChI=1S/C12H19N3S/c1-12(5-6-12)11-15-14-10(16-11)8-9-4-2-3-7-13-9/h9,13H,2-8H2,1H3. The number of nitrogens with one attached hydrogen (secondary N) is 1. The molecule has 2 heterocycles. The van der Waals surface area contributed by atoms with Gasteiger partial charge in [0.15, 0.2) is 0 Å². The summed E-state index contributed by atoms with van der Waals surface area (Å²) < 4.78 is 0. The number of hydrogen-bond donors (Lipinski definition) is 1. The van der Waals surface area contributed by atoms with Gasteiger partial charge < -0.3 is 5.32 Å². The van der Waals surface area contributed by atoms with Crippen molar-refractivity contribution in [1.29, 1.82) is 0 Å². The predicted molar refractivity (Wildman–Crippen MR) is 65.8 cm³/mol. The summed E-state index contributed by atoms with van der Waals surface area (Å²) in [5, 5.41) is 14.8. The topological polar surface area (TPSA) is 37.8 Å². The lowest BCUT2D eigenvalue weighted by Crippen LogP contribution is -2.35. The molecule has 0 radical (unpaired) electrons. The van der Waals surface area contributed by atoms with Crippen LogP contribution in [-0.4, -0.2) is 22.8 Å². The van der Waals surface area contributed by atoms with E-state index >= 15 is 0 Å². The average Bonchev–Trinajstić information content (AvgIpc) is 2.88. The minimum Gasteiger partial charge on any atom is -0.314 e. The molecule has 0 bridgehead atoms. The number of rotatable bonds is 3. The highest BCUT2D eigenvalue weighted by Crippen LogP contribution is 2.48. The van der Waals surface area contributed by atoms with Gasteiger partial charge >= 0.3 is 0 Å². The van der Waals surface area contributed by atoms with Crippen molar-refractivity contribution >= 4 is 11.3 Å². The first-order chi connectivity index (χ1) is 7.76. The van der Waals surface area contributed by atoms with Crippen molar-refractivity contribution in [3.05, 3.63) is 10.0 Å². The van der Waals surface area contributed by atoms with Crippen molar-refractivity contribution in [2.45, 2.75) is 56.9 Å². The first kappa shape index (κ1) is 10.7. The fourth-order valence-electron chi connectivity index (χ4n) is 2.29. The van der Waals surface area contributed by atoms with Crippen LogP contribution in [0.1, 0.15) is 49.0 Å². The first-order valence-electron chi connectivity index (χ1n) is 6.32. The van der Waals surface area contributed by atoms with Gasteiger partial charge in [0, 0.05) is 17.9 Å². The summed E-state index contributed by atoms with van der Waals surface area (Å²) in [6.07, 6.45) is 7.66. The molecule has 1 saturated carbocycles. The van der Waals surface area contributed by atoms with E-state index in [4.69, 9.17) is 0 Å². The van der Waals surface area contributed by atoms with E-state index in [1.807, 2.05) is 11.3 Å². The van der Waals surface area contributed by atoms with Crippen molar-refractivity contribution in [2.75, 3.05) is 6.54 Å². The average molecular weight is 237 g/mol. The zero-order valence-corrected chi connectivity index (χ0v) is 10.6. The molecule has 1 unspecified atom stereocenters. The molecule has 2 fully saturated rings. The Hall–Kier alpha value is -0.480. The molecule has 3 rings (SSSR count). The molecule has 1 aliphatic carbocycles. The fourth-order valence-corrected chi connectivity index (χ4v) is 3.41. The molecule has 2 aliphatic rings. The van der Waals surface area contributed by atoms with Gasteiger partial charge in [0.1, 0.15) is 10.0 Å². The molecule has 1 aromatic rings. The van der Waals surface area contributed by atoms with Crippen LogP contribution in [0, 0.1) is 0 Å². The van der Waals surface area contributed by atoms with Gasteiger partial charge in [0.2, 0.25) is 0 Å². The number of nitrogens with zero attached hydrogens (tertiary/aromatic N) is 2. The van der Waals surface area contributed by atoms with Crippen molar-refractivity contribution in [1.82, 2.24) is 15.5 Å². The van der Waals surface area contributed by atoms with E-state index in [0.717, 1.165) is 6.42 Å². The maximum atomic E-state index is 4.36. The Morgan fingerprint density at radius 3 is 2.94 bits per heavy atom. The fraction of sp³-hybridized carbons (Fsp3) is 0.833. The van der Waals surface area contributed by atoms with E-state index in [-0.39, 0.29) is 0 Å². The molecular formula is C12H19N3S. The Bertz CT molecular complexity index is 364. The maximum Gasteiger partial charge on any atom is 0.123 e. The van der Waals surface area contributed by atoms with E-state index in [1.54, 1.807) is 0 Å². The number of piperidine rings is 1. The molecule has 1 N–H and O–H groups in total. The smallest absolute Gasteiger partial charge is 0.123 e. The van der Waals surface area contributed by atoms with Crippen LogP contribution in [0.4, 0.5) is 0 Å². The van der Waals surface area contributed by atoms with Crippen molar-refractivity contribution < 1.29 is 0 Å². The zero-order chi connectivity index (χ0) is 11.0. The van der Waals surface area contributed by atoms with E-state index in [0.29, 0.717) is 11.5 Å². The highest BCUT2D eigenvalue weighted by molar-refractivity contribution is 7.11. The largest absolute Gasteiger partial charge is 0.314 e. The summed E-state index contributed by atoms with van der Waals surface area (Å²) >= 11 is 1.83. The van der Waals surface area contributed by atoms with Gasteiger partial charge in [-0.2, -0.15) is 0 Å². The van der Waals surface area contributed by atoms with E-state index < -0.39 is 0 Å². The lowest BCUT2D eigenvalue weighted by atomic mass is 10.0. The number of hydrogen-bond acceptors (Lipinski definition) is 4. The van der Waals surface area contributed by atoms with Crippen molar-refractivity contribution in [3.8, 4) is 0 Å². The molecule has 0 aromatic carbocycles. The molecule has 1 aliphatic heterocycles. The Labute approximate surface area is 101 Å². The van der Waals surface area contributed by atoms with Gasteiger partial charge in [-0.25, -0.2) is 0 Å².